The van der Waals surface area contributed by atoms with Crippen molar-refractivity contribution in [3.8, 4) is 0 Å². The normalized spacial score (nSPS) is 14.5. The monoisotopic (exact) mass is 478 g/mol. The molecule has 1 N–H and O–H groups in total. The molecular formula is C23H18F4N2O3S. The molecule has 5 nitrogen and oxygen atoms in total. The molecule has 1 aliphatic rings. The minimum atomic E-state index is -4.74. The van der Waals surface area contributed by atoms with E-state index in [1.165, 1.54) is 10.4 Å². The lowest BCUT2D eigenvalue weighted by Gasteiger charge is -2.28. The van der Waals surface area contributed by atoms with Gasteiger partial charge in [0.05, 0.1) is 21.7 Å². The second-order valence-electron chi connectivity index (χ2n) is 7.50. The molecule has 0 spiro atoms. The first-order chi connectivity index (χ1) is 15.6. The van der Waals surface area contributed by atoms with Crippen LogP contribution in [0.2, 0.25) is 0 Å². The standard InChI is InChI=1S/C23H18F4N2O3S/c24-20-10-9-17(33(31,32)29-12-11-15-5-1-2-6-16(15)14-29)13-18(20)22(30)28-21-8-4-3-7-19(21)23(25,26)27/h1-10,13H,11-12,14H2,(H,28,30). The number of carbonyl (C=O) groups is 1. The average molecular weight is 478 g/mol. The third-order valence-electron chi connectivity index (χ3n) is 5.40. The number of halogens is 4. The van der Waals surface area contributed by atoms with E-state index >= 15 is 0 Å². The minimum absolute atomic E-state index is 0.121. The highest BCUT2D eigenvalue weighted by Gasteiger charge is 2.34. The van der Waals surface area contributed by atoms with Crippen LogP contribution in [-0.4, -0.2) is 25.2 Å². The second kappa shape index (κ2) is 8.60. The number of sulfonamides is 1. The Bertz CT molecular complexity index is 1320. The topological polar surface area (TPSA) is 66.5 Å². The van der Waals surface area contributed by atoms with Crippen molar-refractivity contribution < 1.29 is 30.8 Å². The van der Waals surface area contributed by atoms with E-state index in [0.717, 1.165) is 47.5 Å². The molecule has 1 amide bonds. The fourth-order valence-corrected chi connectivity index (χ4v) is 5.14. The van der Waals surface area contributed by atoms with Gasteiger partial charge in [0.25, 0.3) is 5.91 Å². The Morgan fingerprint density at radius 1 is 0.939 bits per heavy atom. The Hall–Kier alpha value is -3.24. The molecule has 0 saturated heterocycles. The van der Waals surface area contributed by atoms with Crippen LogP contribution in [0.25, 0.3) is 0 Å². The van der Waals surface area contributed by atoms with E-state index in [-0.39, 0.29) is 18.0 Å². The molecule has 10 heteroatoms. The lowest BCUT2D eigenvalue weighted by molar-refractivity contribution is -0.136. The number of nitrogens with one attached hydrogen (secondary N) is 1. The number of anilines is 1. The Morgan fingerprint density at radius 2 is 1.61 bits per heavy atom. The van der Waals surface area contributed by atoms with Crippen molar-refractivity contribution in [2.75, 3.05) is 11.9 Å². The van der Waals surface area contributed by atoms with Gasteiger partial charge in [-0.3, -0.25) is 4.79 Å². The van der Waals surface area contributed by atoms with Crippen molar-refractivity contribution in [1.82, 2.24) is 4.31 Å². The third kappa shape index (κ3) is 4.62. The maximum absolute atomic E-state index is 14.4. The first-order valence-electron chi connectivity index (χ1n) is 9.91. The fraction of sp³-hybridized carbons (Fsp3) is 0.174. The summed E-state index contributed by atoms with van der Waals surface area (Å²) >= 11 is 0. The van der Waals surface area contributed by atoms with E-state index < -0.39 is 44.7 Å². The summed E-state index contributed by atoms with van der Waals surface area (Å²) < 4.78 is 81.5. The van der Waals surface area contributed by atoms with Crippen LogP contribution in [0.1, 0.15) is 27.0 Å². The summed E-state index contributed by atoms with van der Waals surface area (Å²) in [5.41, 5.74) is -0.460. The van der Waals surface area contributed by atoms with E-state index in [4.69, 9.17) is 0 Å². The van der Waals surface area contributed by atoms with E-state index in [0.29, 0.717) is 6.42 Å². The zero-order valence-electron chi connectivity index (χ0n) is 17.1. The number of fused-ring (bicyclic) bond motifs is 1. The molecule has 0 unspecified atom stereocenters. The molecule has 0 aliphatic carbocycles. The van der Waals surface area contributed by atoms with E-state index in [1.807, 2.05) is 23.5 Å². The number of benzene rings is 3. The van der Waals surface area contributed by atoms with E-state index in [9.17, 15) is 30.8 Å². The summed E-state index contributed by atoms with van der Waals surface area (Å²) in [5, 5.41) is 2.04. The van der Waals surface area contributed by atoms with Gasteiger partial charge in [-0.2, -0.15) is 17.5 Å². The maximum Gasteiger partial charge on any atom is 0.418 e. The van der Waals surface area contributed by atoms with Crippen molar-refractivity contribution in [2.45, 2.75) is 24.0 Å². The van der Waals surface area contributed by atoms with Gasteiger partial charge in [0.15, 0.2) is 0 Å². The van der Waals surface area contributed by atoms with Crippen molar-refractivity contribution in [3.63, 3.8) is 0 Å². The van der Waals surface area contributed by atoms with Gasteiger partial charge < -0.3 is 5.32 Å². The largest absolute Gasteiger partial charge is 0.418 e. The van der Waals surface area contributed by atoms with Crippen molar-refractivity contribution in [3.05, 3.63) is 94.8 Å². The molecule has 172 valence electrons. The lowest BCUT2D eigenvalue weighted by Crippen LogP contribution is -2.36. The van der Waals surface area contributed by atoms with Gasteiger partial charge >= 0.3 is 6.18 Å². The molecular weight excluding hydrogens is 460 g/mol. The summed E-state index contributed by atoms with van der Waals surface area (Å²) in [5.74, 6) is -2.25. The van der Waals surface area contributed by atoms with Crippen molar-refractivity contribution in [2.24, 2.45) is 0 Å². The molecule has 1 heterocycles. The van der Waals surface area contributed by atoms with Crippen LogP contribution in [-0.2, 0) is 29.2 Å². The summed E-state index contributed by atoms with van der Waals surface area (Å²) in [7, 11) is -4.08. The Balaban J connectivity index is 1.63. The summed E-state index contributed by atoms with van der Waals surface area (Å²) in [6.07, 6.45) is -4.24. The number of amides is 1. The van der Waals surface area contributed by atoms with Crippen molar-refractivity contribution in [1.29, 1.82) is 0 Å². The lowest BCUT2D eigenvalue weighted by atomic mass is 10.0. The van der Waals surface area contributed by atoms with Gasteiger partial charge in [0.2, 0.25) is 10.0 Å². The molecule has 1 aliphatic heterocycles. The van der Waals surface area contributed by atoms with Gasteiger partial charge in [-0.05, 0) is 47.9 Å². The van der Waals surface area contributed by atoms with Gasteiger partial charge in [-0.25, -0.2) is 12.8 Å². The van der Waals surface area contributed by atoms with Gasteiger partial charge in [-0.15, -0.1) is 0 Å². The molecule has 0 atom stereocenters. The highest BCUT2D eigenvalue weighted by atomic mass is 32.2. The minimum Gasteiger partial charge on any atom is -0.321 e. The number of alkyl halides is 3. The highest BCUT2D eigenvalue weighted by Crippen LogP contribution is 2.35. The van der Waals surface area contributed by atoms with Crippen LogP contribution in [0, 0.1) is 5.82 Å². The molecule has 3 aromatic carbocycles. The first-order valence-corrected chi connectivity index (χ1v) is 11.4. The molecule has 0 saturated carbocycles. The highest BCUT2D eigenvalue weighted by molar-refractivity contribution is 7.89. The van der Waals surface area contributed by atoms with Gasteiger partial charge in [0.1, 0.15) is 5.82 Å². The molecule has 0 fully saturated rings. The zero-order chi connectivity index (χ0) is 23.8. The van der Waals surface area contributed by atoms with Crippen LogP contribution in [0.3, 0.4) is 0 Å². The number of rotatable bonds is 4. The Labute approximate surface area is 187 Å². The van der Waals surface area contributed by atoms with Crippen LogP contribution >= 0.6 is 0 Å². The van der Waals surface area contributed by atoms with E-state index in [1.54, 1.807) is 6.07 Å². The summed E-state index contributed by atoms with van der Waals surface area (Å²) in [6, 6.07) is 14.3. The predicted octanol–water partition coefficient (Wildman–Crippen LogP) is 4.84. The van der Waals surface area contributed by atoms with Crippen LogP contribution < -0.4 is 5.32 Å². The maximum atomic E-state index is 14.4. The third-order valence-corrected chi connectivity index (χ3v) is 7.24. The zero-order valence-corrected chi connectivity index (χ0v) is 17.9. The van der Waals surface area contributed by atoms with Gasteiger partial charge in [-0.1, -0.05) is 36.4 Å². The van der Waals surface area contributed by atoms with Crippen LogP contribution in [0.4, 0.5) is 23.2 Å². The molecule has 3 aromatic rings. The van der Waals surface area contributed by atoms with Gasteiger partial charge in [0, 0.05) is 13.1 Å². The molecule has 4 rings (SSSR count). The van der Waals surface area contributed by atoms with E-state index in [2.05, 4.69) is 0 Å². The number of hydrogen-bond donors (Lipinski definition) is 1. The Morgan fingerprint density at radius 3 is 2.33 bits per heavy atom. The quantitative estimate of drug-likeness (QED) is 0.546. The second-order valence-corrected chi connectivity index (χ2v) is 9.43. The fourth-order valence-electron chi connectivity index (χ4n) is 3.69. The number of nitrogens with zero attached hydrogens (tertiary/aromatic N) is 1. The summed E-state index contributed by atoms with van der Waals surface area (Å²) in [4.78, 5) is 12.3. The molecule has 0 radical (unpaired) electrons. The summed E-state index contributed by atoms with van der Waals surface area (Å²) in [6.45, 7) is 0.327. The van der Waals surface area contributed by atoms with Crippen LogP contribution in [0.5, 0.6) is 0 Å². The number of carbonyl (C=O) groups excluding carboxylic acids is 1. The Kier molecular flexibility index (Phi) is 5.98. The average Bonchev–Trinajstić information content (AvgIpc) is 2.78. The number of para-hydroxylation sites is 1. The molecule has 0 aromatic heterocycles. The smallest absolute Gasteiger partial charge is 0.321 e. The SMILES string of the molecule is O=C(Nc1ccccc1C(F)(F)F)c1cc(S(=O)(=O)N2CCc3ccccc3C2)ccc1F. The molecule has 0 bridgehead atoms. The number of hydrogen-bond acceptors (Lipinski definition) is 3. The first kappa shape index (κ1) is 22.9. The molecule has 33 heavy (non-hydrogen) atoms. The van der Waals surface area contributed by atoms with Crippen molar-refractivity contribution >= 4 is 21.6 Å². The van der Waals surface area contributed by atoms with Crippen LogP contribution in [0.15, 0.2) is 71.6 Å². The predicted molar refractivity (Wildman–Crippen MR) is 114 cm³/mol.